The summed E-state index contributed by atoms with van der Waals surface area (Å²) in [5.41, 5.74) is 0. The van der Waals surface area contributed by atoms with Crippen LogP contribution in [0.2, 0.25) is 0 Å². The quantitative estimate of drug-likeness (QED) is 0.908. The second-order valence-electron chi connectivity index (χ2n) is 6.24. The normalized spacial score (nSPS) is 21.0. The molecule has 122 valence electrons. The smallest absolute Gasteiger partial charge is 0.222 e. The van der Waals surface area contributed by atoms with E-state index >= 15 is 0 Å². The average Bonchev–Trinajstić information content (AvgIpc) is 2.82. The van der Waals surface area contributed by atoms with Gasteiger partial charge in [0, 0.05) is 44.1 Å². The number of hydrogen-bond acceptors (Lipinski definition) is 6. The van der Waals surface area contributed by atoms with E-state index in [9.17, 15) is 4.79 Å². The van der Waals surface area contributed by atoms with Crippen molar-refractivity contribution in [1.82, 2.24) is 19.6 Å². The molecule has 0 atom stereocenters. The van der Waals surface area contributed by atoms with Gasteiger partial charge in [-0.2, -0.15) is 4.37 Å². The van der Waals surface area contributed by atoms with E-state index in [4.69, 9.17) is 0 Å². The number of anilines is 1. The van der Waals surface area contributed by atoms with Crippen LogP contribution in [0.3, 0.4) is 0 Å². The Morgan fingerprint density at radius 2 is 2.09 bits per heavy atom. The monoisotopic (exact) mass is 323 g/mol. The summed E-state index contributed by atoms with van der Waals surface area (Å²) < 4.78 is 4.26. The molecule has 3 rings (SSSR count). The Morgan fingerprint density at radius 3 is 2.82 bits per heavy atom. The first-order valence-corrected chi connectivity index (χ1v) is 9.03. The standard InChI is InChI=1S/C15H25N5OS/c1-12-17-15(22-18-12)20-8-2-7-19(9-10-20)14(21)11-13-3-5-16-6-4-13/h13,16H,2-11H2,1H3. The maximum atomic E-state index is 12.5. The van der Waals surface area contributed by atoms with E-state index in [1.54, 1.807) is 0 Å². The lowest BCUT2D eigenvalue weighted by molar-refractivity contribution is -0.132. The first kappa shape index (κ1) is 15.7. The SMILES string of the molecule is Cc1nsc(N2CCCN(C(=O)CC3CCNCC3)CC2)n1. The van der Waals surface area contributed by atoms with Crippen molar-refractivity contribution >= 4 is 22.6 Å². The second kappa shape index (κ2) is 7.37. The van der Waals surface area contributed by atoms with Gasteiger partial charge in [-0.15, -0.1) is 0 Å². The highest BCUT2D eigenvalue weighted by Crippen LogP contribution is 2.21. The van der Waals surface area contributed by atoms with Gasteiger partial charge in [-0.05, 0) is 45.2 Å². The third-order valence-electron chi connectivity index (χ3n) is 4.56. The van der Waals surface area contributed by atoms with Gasteiger partial charge >= 0.3 is 0 Å². The highest BCUT2D eigenvalue weighted by Gasteiger charge is 2.24. The zero-order valence-corrected chi connectivity index (χ0v) is 14.1. The Hall–Kier alpha value is -1.21. The fourth-order valence-corrected chi connectivity index (χ4v) is 3.96. The molecule has 1 amide bonds. The molecule has 0 saturated carbocycles. The van der Waals surface area contributed by atoms with Crippen LogP contribution in [0, 0.1) is 12.8 Å². The topological polar surface area (TPSA) is 61.4 Å². The maximum absolute atomic E-state index is 12.5. The molecule has 1 N–H and O–H groups in total. The molecule has 3 heterocycles. The van der Waals surface area contributed by atoms with Gasteiger partial charge in [-0.25, -0.2) is 4.98 Å². The summed E-state index contributed by atoms with van der Waals surface area (Å²) in [5.74, 6) is 1.74. The summed E-state index contributed by atoms with van der Waals surface area (Å²) in [5, 5.41) is 4.35. The number of amides is 1. The minimum absolute atomic E-state index is 0.335. The Kier molecular flexibility index (Phi) is 5.25. The number of rotatable bonds is 3. The zero-order chi connectivity index (χ0) is 15.4. The first-order valence-electron chi connectivity index (χ1n) is 8.26. The van der Waals surface area contributed by atoms with Gasteiger partial charge in [-0.3, -0.25) is 4.79 Å². The molecule has 1 aromatic rings. The molecule has 22 heavy (non-hydrogen) atoms. The molecular weight excluding hydrogens is 298 g/mol. The summed E-state index contributed by atoms with van der Waals surface area (Å²) >= 11 is 1.46. The Bertz CT molecular complexity index is 500. The molecule has 0 bridgehead atoms. The van der Waals surface area contributed by atoms with Crippen molar-refractivity contribution in [3.05, 3.63) is 5.82 Å². The van der Waals surface area contributed by atoms with Crippen molar-refractivity contribution in [2.24, 2.45) is 5.92 Å². The Balaban J connectivity index is 1.52. The molecule has 0 radical (unpaired) electrons. The van der Waals surface area contributed by atoms with Crippen LogP contribution in [0.25, 0.3) is 0 Å². The van der Waals surface area contributed by atoms with Crippen molar-refractivity contribution < 1.29 is 4.79 Å². The van der Waals surface area contributed by atoms with Gasteiger partial charge in [0.25, 0.3) is 0 Å². The van der Waals surface area contributed by atoms with Crippen molar-refractivity contribution in [2.45, 2.75) is 32.6 Å². The average molecular weight is 323 g/mol. The zero-order valence-electron chi connectivity index (χ0n) is 13.3. The van der Waals surface area contributed by atoms with Gasteiger partial charge in [-0.1, -0.05) is 0 Å². The fourth-order valence-electron chi connectivity index (χ4n) is 3.23. The molecule has 0 aromatic carbocycles. The van der Waals surface area contributed by atoms with E-state index in [1.165, 1.54) is 11.5 Å². The predicted octanol–water partition coefficient (Wildman–Crippen LogP) is 1.27. The number of piperidine rings is 1. The van der Waals surface area contributed by atoms with Crippen LogP contribution >= 0.6 is 11.5 Å². The van der Waals surface area contributed by atoms with Gasteiger partial charge in [0.05, 0.1) is 0 Å². The third-order valence-corrected chi connectivity index (χ3v) is 5.43. The fraction of sp³-hybridized carbons (Fsp3) is 0.800. The molecule has 0 aliphatic carbocycles. The highest BCUT2D eigenvalue weighted by molar-refractivity contribution is 7.09. The van der Waals surface area contributed by atoms with Gasteiger partial charge in [0.1, 0.15) is 5.82 Å². The van der Waals surface area contributed by atoms with Crippen molar-refractivity contribution in [3.8, 4) is 0 Å². The molecule has 7 heteroatoms. The van der Waals surface area contributed by atoms with Crippen LogP contribution in [0.4, 0.5) is 5.13 Å². The number of aryl methyl sites for hydroxylation is 1. The summed E-state index contributed by atoms with van der Waals surface area (Å²) in [7, 11) is 0. The number of hydrogen-bond donors (Lipinski definition) is 1. The van der Waals surface area contributed by atoms with Crippen molar-refractivity contribution in [3.63, 3.8) is 0 Å². The van der Waals surface area contributed by atoms with Crippen LogP contribution < -0.4 is 10.2 Å². The maximum Gasteiger partial charge on any atom is 0.222 e. The lowest BCUT2D eigenvalue weighted by Crippen LogP contribution is -2.37. The Labute approximate surface area is 136 Å². The van der Waals surface area contributed by atoms with Crippen molar-refractivity contribution in [2.75, 3.05) is 44.2 Å². The number of aromatic nitrogens is 2. The minimum Gasteiger partial charge on any atom is -0.345 e. The summed E-state index contributed by atoms with van der Waals surface area (Å²) in [4.78, 5) is 21.3. The molecule has 0 unspecified atom stereocenters. The van der Waals surface area contributed by atoms with E-state index in [1.807, 2.05) is 6.92 Å². The van der Waals surface area contributed by atoms with E-state index in [0.29, 0.717) is 11.8 Å². The molecule has 0 spiro atoms. The minimum atomic E-state index is 0.335. The molecule has 2 aliphatic rings. The third kappa shape index (κ3) is 3.95. The van der Waals surface area contributed by atoms with Gasteiger partial charge in [0.15, 0.2) is 0 Å². The number of carbonyl (C=O) groups excluding carboxylic acids is 1. The van der Waals surface area contributed by atoms with Crippen LogP contribution in [0.5, 0.6) is 0 Å². The van der Waals surface area contributed by atoms with Crippen LogP contribution in [0.1, 0.15) is 31.5 Å². The summed E-state index contributed by atoms with van der Waals surface area (Å²) in [6.45, 7) is 7.55. The largest absolute Gasteiger partial charge is 0.345 e. The van der Waals surface area contributed by atoms with Crippen LogP contribution in [-0.2, 0) is 4.79 Å². The molecule has 6 nitrogen and oxygen atoms in total. The lowest BCUT2D eigenvalue weighted by Gasteiger charge is -2.26. The van der Waals surface area contributed by atoms with Gasteiger partial charge < -0.3 is 15.1 Å². The molecule has 2 fully saturated rings. The van der Waals surface area contributed by atoms with E-state index in [2.05, 4.69) is 24.5 Å². The number of nitrogens with one attached hydrogen (secondary N) is 1. The summed E-state index contributed by atoms with van der Waals surface area (Å²) in [6.07, 6.45) is 4.00. The van der Waals surface area contributed by atoms with Crippen molar-refractivity contribution in [1.29, 1.82) is 0 Å². The van der Waals surface area contributed by atoms with E-state index in [0.717, 1.165) is 75.9 Å². The van der Waals surface area contributed by atoms with E-state index in [-0.39, 0.29) is 0 Å². The Morgan fingerprint density at radius 1 is 1.27 bits per heavy atom. The van der Waals surface area contributed by atoms with Crippen LogP contribution in [0.15, 0.2) is 0 Å². The molecule has 2 aliphatic heterocycles. The number of carbonyl (C=O) groups is 1. The molecule has 1 aromatic heterocycles. The predicted molar refractivity (Wildman–Crippen MR) is 88.3 cm³/mol. The first-order chi connectivity index (χ1) is 10.7. The van der Waals surface area contributed by atoms with E-state index < -0.39 is 0 Å². The number of nitrogens with zero attached hydrogens (tertiary/aromatic N) is 4. The summed E-state index contributed by atoms with van der Waals surface area (Å²) in [6, 6.07) is 0. The lowest BCUT2D eigenvalue weighted by atomic mass is 9.94. The molecular formula is C15H25N5OS. The van der Waals surface area contributed by atoms with Gasteiger partial charge in [0.2, 0.25) is 11.0 Å². The van der Waals surface area contributed by atoms with Crippen LogP contribution in [-0.4, -0.2) is 59.4 Å². The second-order valence-corrected chi connectivity index (χ2v) is 6.97. The molecule has 2 saturated heterocycles. The highest BCUT2D eigenvalue weighted by atomic mass is 32.1.